The molecule has 5 rings (SSSR count). The SMILES string of the molecule is Cc1ccc2c(n1)Cc1c-2ccc2c1N(c1ccccc1C)[C@@H](C)N2C. The van der Waals surface area contributed by atoms with Crippen molar-refractivity contribution in [3.63, 3.8) is 0 Å². The van der Waals surface area contributed by atoms with Crippen molar-refractivity contribution in [2.45, 2.75) is 33.4 Å². The molecule has 2 heterocycles. The average Bonchev–Trinajstić information content (AvgIpc) is 3.11. The molecule has 3 heteroatoms. The van der Waals surface area contributed by atoms with Gasteiger partial charge in [0.15, 0.2) is 0 Å². The van der Waals surface area contributed by atoms with Crippen LogP contribution >= 0.6 is 0 Å². The molecule has 3 aromatic rings. The van der Waals surface area contributed by atoms with Gasteiger partial charge in [-0.2, -0.15) is 0 Å². The predicted molar refractivity (Wildman–Crippen MR) is 108 cm³/mol. The summed E-state index contributed by atoms with van der Waals surface area (Å²) in [6.07, 6.45) is 1.20. The molecular formula is C23H23N3. The van der Waals surface area contributed by atoms with Crippen molar-refractivity contribution in [3.05, 3.63) is 71.0 Å². The third kappa shape index (κ3) is 1.97. The highest BCUT2D eigenvalue weighted by Crippen LogP contribution is 2.52. The van der Waals surface area contributed by atoms with E-state index in [0.717, 1.165) is 12.1 Å². The number of para-hydroxylation sites is 1. The largest absolute Gasteiger partial charge is 0.353 e. The Balaban J connectivity index is 1.75. The number of rotatable bonds is 1. The maximum absolute atomic E-state index is 4.82. The van der Waals surface area contributed by atoms with Gasteiger partial charge in [0.1, 0.15) is 6.17 Å². The van der Waals surface area contributed by atoms with Crippen LogP contribution in [0, 0.1) is 13.8 Å². The Bertz CT molecular complexity index is 1040. The van der Waals surface area contributed by atoms with E-state index in [-0.39, 0.29) is 6.17 Å². The van der Waals surface area contributed by atoms with E-state index in [1.165, 1.54) is 45.0 Å². The van der Waals surface area contributed by atoms with Gasteiger partial charge in [-0.05, 0) is 55.7 Å². The Morgan fingerprint density at radius 2 is 1.69 bits per heavy atom. The molecule has 0 radical (unpaired) electrons. The topological polar surface area (TPSA) is 19.4 Å². The number of nitrogens with zero attached hydrogens (tertiary/aromatic N) is 3. The second kappa shape index (κ2) is 5.34. The lowest BCUT2D eigenvalue weighted by Crippen LogP contribution is -2.36. The maximum Gasteiger partial charge on any atom is 0.103 e. The van der Waals surface area contributed by atoms with Gasteiger partial charge in [0.2, 0.25) is 0 Å². The molecular weight excluding hydrogens is 318 g/mol. The Morgan fingerprint density at radius 3 is 2.50 bits per heavy atom. The molecule has 1 aliphatic carbocycles. The molecule has 0 saturated carbocycles. The lowest BCUT2D eigenvalue weighted by molar-refractivity contribution is 0.731. The summed E-state index contributed by atoms with van der Waals surface area (Å²) in [4.78, 5) is 9.70. The zero-order valence-corrected chi connectivity index (χ0v) is 15.7. The van der Waals surface area contributed by atoms with Crippen LogP contribution in [0.4, 0.5) is 17.1 Å². The fourth-order valence-corrected chi connectivity index (χ4v) is 4.48. The lowest BCUT2D eigenvalue weighted by atomic mass is 10.0. The quantitative estimate of drug-likeness (QED) is 0.474. The van der Waals surface area contributed by atoms with Crippen molar-refractivity contribution >= 4 is 17.1 Å². The van der Waals surface area contributed by atoms with E-state index in [1.807, 2.05) is 0 Å². The second-order valence-corrected chi connectivity index (χ2v) is 7.48. The van der Waals surface area contributed by atoms with Crippen molar-refractivity contribution < 1.29 is 0 Å². The van der Waals surface area contributed by atoms with Crippen LogP contribution in [0.15, 0.2) is 48.5 Å². The molecule has 1 aromatic heterocycles. The summed E-state index contributed by atoms with van der Waals surface area (Å²) in [6, 6.07) is 17.6. The first-order valence-corrected chi connectivity index (χ1v) is 9.26. The minimum absolute atomic E-state index is 0.288. The van der Waals surface area contributed by atoms with Crippen molar-refractivity contribution in [2.24, 2.45) is 0 Å². The first-order valence-electron chi connectivity index (χ1n) is 9.26. The lowest BCUT2D eigenvalue weighted by Gasteiger charge is -2.29. The maximum atomic E-state index is 4.82. The summed E-state index contributed by atoms with van der Waals surface area (Å²) in [5.74, 6) is 0. The van der Waals surface area contributed by atoms with Gasteiger partial charge in [-0.3, -0.25) is 4.98 Å². The molecule has 0 saturated heterocycles. The summed E-state index contributed by atoms with van der Waals surface area (Å²) >= 11 is 0. The number of aryl methyl sites for hydroxylation is 2. The molecule has 2 aliphatic rings. The average molecular weight is 341 g/mol. The Hall–Kier alpha value is -2.81. The van der Waals surface area contributed by atoms with E-state index in [2.05, 4.69) is 86.1 Å². The van der Waals surface area contributed by atoms with E-state index in [9.17, 15) is 0 Å². The van der Waals surface area contributed by atoms with E-state index in [0.29, 0.717) is 0 Å². The van der Waals surface area contributed by atoms with Gasteiger partial charge >= 0.3 is 0 Å². The Morgan fingerprint density at radius 1 is 0.923 bits per heavy atom. The molecule has 130 valence electrons. The van der Waals surface area contributed by atoms with Crippen LogP contribution in [0.1, 0.15) is 29.4 Å². The highest BCUT2D eigenvalue weighted by atomic mass is 15.4. The van der Waals surface area contributed by atoms with Crippen LogP contribution in [-0.2, 0) is 6.42 Å². The summed E-state index contributed by atoms with van der Waals surface area (Å²) in [5, 5.41) is 0. The van der Waals surface area contributed by atoms with E-state index < -0.39 is 0 Å². The molecule has 2 aromatic carbocycles. The van der Waals surface area contributed by atoms with E-state index in [4.69, 9.17) is 4.98 Å². The van der Waals surface area contributed by atoms with Crippen molar-refractivity contribution in [1.82, 2.24) is 4.98 Å². The fraction of sp³-hybridized carbons (Fsp3) is 0.261. The van der Waals surface area contributed by atoms with Gasteiger partial charge in [0.05, 0.1) is 17.1 Å². The van der Waals surface area contributed by atoms with Gasteiger partial charge in [-0.1, -0.05) is 30.3 Å². The smallest absolute Gasteiger partial charge is 0.103 e. The number of hydrogen-bond donors (Lipinski definition) is 0. The molecule has 3 nitrogen and oxygen atoms in total. The first-order chi connectivity index (χ1) is 12.6. The van der Waals surface area contributed by atoms with Crippen molar-refractivity contribution in [2.75, 3.05) is 16.8 Å². The van der Waals surface area contributed by atoms with Gasteiger partial charge in [0, 0.05) is 30.4 Å². The number of hydrogen-bond acceptors (Lipinski definition) is 3. The number of fused-ring (bicyclic) bond motifs is 5. The van der Waals surface area contributed by atoms with Crippen LogP contribution in [-0.4, -0.2) is 18.2 Å². The third-order valence-electron chi connectivity index (χ3n) is 5.94. The minimum atomic E-state index is 0.288. The number of benzene rings is 2. The van der Waals surface area contributed by atoms with Gasteiger partial charge in [0.25, 0.3) is 0 Å². The zero-order chi connectivity index (χ0) is 18.0. The number of anilines is 3. The Labute approximate surface area is 154 Å². The van der Waals surface area contributed by atoms with Crippen molar-refractivity contribution in [3.8, 4) is 11.1 Å². The van der Waals surface area contributed by atoms with Crippen LogP contribution in [0.5, 0.6) is 0 Å². The van der Waals surface area contributed by atoms with Crippen LogP contribution in [0.2, 0.25) is 0 Å². The summed E-state index contributed by atoms with van der Waals surface area (Å²) < 4.78 is 0. The Kier molecular flexibility index (Phi) is 3.17. The molecule has 1 aliphatic heterocycles. The standard InChI is InChI=1S/C23H23N3/c1-14-7-5-6-8-21(14)26-16(3)25(4)22-12-11-17-18-10-9-15(2)24-20(18)13-19(17)23(22)26/h5-12,16H,13H2,1-4H3/t16-/m0/s1. The minimum Gasteiger partial charge on any atom is -0.353 e. The molecule has 1 atom stereocenters. The second-order valence-electron chi connectivity index (χ2n) is 7.48. The van der Waals surface area contributed by atoms with Gasteiger partial charge < -0.3 is 9.80 Å². The predicted octanol–water partition coefficient (Wildman–Crippen LogP) is 5.20. The normalized spacial score (nSPS) is 17.3. The van der Waals surface area contributed by atoms with Crippen LogP contribution in [0.3, 0.4) is 0 Å². The van der Waals surface area contributed by atoms with Gasteiger partial charge in [-0.25, -0.2) is 0 Å². The van der Waals surface area contributed by atoms with Crippen LogP contribution < -0.4 is 9.80 Å². The number of pyridine rings is 1. The zero-order valence-electron chi connectivity index (χ0n) is 15.7. The molecule has 0 bridgehead atoms. The summed E-state index contributed by atoms with van der Waals surface area (Å²) in [7, 11) is 2.19. The van der Waals surface area contributed by atoms with Crippen molar-refractivity contribution in [1.29, 1.82) is 0 Å². The monoisotopic (exact) mass is 341 g/mol. The molecule has 0 fully saturated rings. The number of aromatic nitrogens is 1. The summed E-state index contributed by atoms with van der Waals surface area (Å²) in [6.45, 7) is 6.55. The van der Waals surface area contributed by atoms with Crippen LogP contribution in [0.25, 0.3) is 11.1 Å². The molecule has 0 unspecified atom stereocenters. The molecule has 0 spiro atoms. The highest BCUT2D eigenvalue weighted by Gasteiger charge is 2.37. The summed E-state index contributed by atoms with van der Waals surface area (Å²) in [5.41, 5.74) is 11.6. The third-order valence-corrected chi connectivity index (χ3v) is 5.94. The molecule has 0 N–H and O–H groups in total. The van der Waals surface area contributed by atoms with E-state index >= 15 is 0 Å². The highest BCUT2D eigenvalue weighted by molar-refractivity contribution is 5.94. The first kappa shape index (κ1) is 15.4. The van der Waals surface area contributed by atoms with Gasteiger partial charge in [-0.15, -0.1) is 0 Å². The molecule has 0 amide bonds. The van der Waals surface area contributed by atoms with E-state index in [1.54, 1.807) is 0 Å². The fourth-order valence-electron chi connectivity index (χ4n) is 4.48. The molecule has 26 heavy (non-hydrogen) atoms.